The van der Waals surface area contributed by atoms with Crippen molar-refractivity contribution in [1.29, 1.82) is 0 Å². The molecule has 0 bridgehead atoms. The topological polar surface area (TPSA) is 52.5 Å². The van der Waals surface area contributed by atoms with Gasteiger partial charge in [0.25, 0.3) is 0 Å². The van der Waals surface area contributed by atoms with E-state index in [1.54, 1.807) is 22.9 Å². The van der Waals surface area contributed by atoms with E-state index >= 15 is 0 Å². The van der Waals surface area contributed by atoms with Crippen molar-refractivity contribution in [3.63, 3.8) is 0 Å². The van der Waals surface area contributed by atoms with Crippen LogP contribution in [0.3, 0.4) is 0 Å². The molecule has 11 heavy (non-hydrogen) atoms. The van der Waals surface area contributed by atoms with Gasteiger partial charge in [-0.25, -0.2) is 0 Å². The largest absolute Gasteiger partial charge is 0.373 e. The van der Waals surface area contributed by atoms with E-state index in [9.17, 15) is 0 Å². The first-order chi connectivity index (χ1) is 5.33. The van der Waals surface area contributed by atoms with Gasteiger partial charge in [-0.2, -0.15) is 5.48 Å². The number of thiophene rings is 1. The molecule has 1 heterocycles. The smallest absolute Gasteiger partial charge is 0.146 e. The zero-order valence-corrected chi connectivity index (χ0v) is 6.58. The van der Waals surface area contributed by atoms with Crippen molar-refractivity contribution in [2.24, 2.45) is 0 Å². The molecule has 0 aliphatic heterocycles. The molecular formula is C7H9NO2S. The van der Waals surface area contributed by atoms with E-state index in [4.69, 9.17) is 10.3 Å². The minimum atomic E-state index is -0.989. The molecular weight excluding hydrogens is 162 g/mol. The molecule has 4 heteroatoms. The van der Waals surface area contributed by atoms with Crippen molar-refractivity contribution in [3.8, 4) is 0 Å². The van der Waals surface area contributed by atoms with E-state index < -0.39 is 6.23 Å². The third-order valence-corrected chi connectivity index (χ3v) is 1.96. The van der Waals surface area contributed by atoms with Gasteiger partial charge in [0.2, 0.25) is 0 Å². The van der Waals surface area contributed by atoms with Crippen molar-refractivity contribution in [1.82, 2.24) is 5.48 Å². The van der Waals surface area contributed by atoms with Crippen LogP contribution >= 0.6 is 11.3 Å². The molecule has 1 unspecified atom stereocenters. The Hall–Kier alpha value is -0.680. The lowest BCUT2D eigenvalue weighted by molar-refractivity contribution is 0.0323. The Balaban J connectivity index is 2.48. The Labute approximate surface area is 68.6 Å². The highest BCUT2D eigenvalue weighted by molar-refractivity contribution is 7.10. The molecule has 0 amide bonds. The summed E-state index contributed by atoms with van der Waals surface area (Å²) in [6.45, 7) is 0. The molecule has 1 rings (SSSR count). The number of rotatable bonds is 3. The maximum Gasteiger partial charge on any atom is 0.146 e. The highest BCUT2D eigenvalue weighted by Gasteiger charge is 1.92. The van der Waals surface area contributed by atoms with Crippen molar-refractivity contribution < 1.29 is 10.3 Å². The molecule has 60 valence electrons. The fourth-order valence-electron chi connectivity index (χ4n) is 0.615. The Morgan fingerprint density at radius 2 is 2.45 bits per heavy atom. The summed E-state index contributed by atoms with van der Waals surface area (Å²) in [5.74, 6) is 0. The standard InChI is InChI=1S/C7H9NO2S/c9-7(8-10)4-3-6-2-1-5-11-6/h1-5,7-10H. The van der Waals surface area contributed by atoms with Gasteiger partial charge in [-0.3, -0.25) is 0 Å². The molecule has 0 aliphatic carbocycles. The van der Waals surface area contributed by atoms with Gasteiger partial charge < -0.3 is 10.3 Å². The molecule has 1 atom stereocenters. The van der Waals surface area contributed by atoms with Gasteiger partial charge in [0.05, 0.1) is 0 Å². The molecule has 0 saturated carbocycles. The Morgan fingerprint density at radius 1 is 1.64 bits per heavy atom. The van der Waals surface area contributed by atoms with Crippen LogP contribution in [0, 0.1) is 0 Å². The predicted octanol–water partition coefficient (Wildman–Crippen LogP) is 1.06. The zero-order valence-electron chi connectivity index (χ0n) is 5.77. The number of aliphatic hydroxyl groups is 1. The molecule has 1 aromatic heterocycles. The number of aliphatic hydroxyl groups excluding tert-OH is 1. The van der Waals surface area contributed by atoms with Gasteiger partial charge in [-0.15, -0.1) is 11.3 Å². The SMILES string of the molecule is ONC(O)C=Cc1cccs1. The molecule has 0 aliphatic rings. The third-order valence-electron chi connectivity index (χ3n) is 1.12. The zero-order chi connectivity index (χ0) is 8.10. The van der Waals surface area contributed by atoms with Gasteiger partial charge in [0.15, 0.2) is 0 Å². The fourth-order valence-corrected chi connectivity index (χ4v) is 1.24. The minimum absolute atomic E-state index is 0.989. The van der Waals surface area contributed by atoms with Crippen LogP contribution < -0.4 is 5.48 Å². The fraction of sp³-hybridized carbons (Fsp3) is 0.143. The van der Waals surface area contributed by atoms with Crippen LogP contribution in [0.15, 0.2) is 23.6 Å². The molecule has 0 saturated heterocycles. The highest BCUT2D eigenvalue weighted by atomic mass is 32.1. The van der Waals surface area contributed by atoms with Crippen molar-refractivity contribution in [3.05, 3.63) is 28.5 Å². The monoisotopic (exact) mass is 171 g/mol. The molecule has 3 nitrogen and oxygen atoms in total. The van der Waals surface area contributed by atoms with E-state index in [2.05, 4.69) is 0 Å². The molecule has 0 radical (unpaired) electrons. The predicted molar refractivity (Wildman–Crippen MR) is 44.3 cm³/mol. The van der Waals surface area contributed by atoms with Crippen LogP contribution in [0.2, 0.25) is 0 Å². The summed E-state index contributed by atoms with van der Waals surface area (Å²) in [7, 11) is 0. The van der Waals surface area contributed by atoms with E-state index in [-0.39, 0.29) is 0 Å². The number of hydrogen-bond donors (Lipinski definition) is 3. The van der Waals surface area contributed by atoms with Gasteiger partial charge in [-0.1, -0.05) is 6.07 Å². The van der Waals surface area contributed by atoms with E-state index in [0.29, 0.717) is 0 Å². The number of nitrogens with one attached hydrogen (secondary N) is 1. The first-order valence-corrected chi connectivity index (χ1v) is 4.00. The number of hydrogen-bond acceptors (Lipinski definition) is 4. The molecule has 0 aromatic carbocycles. The van der Waals surface area contributed by atoms with E-state index in [1.807, 2.05) is 17.5 Å². The van der Waals surface area contributed by atoms with Crippen LogP contribution in [0.4, 0.5) is 0 Å². The summed E-state index contributed by atoms with van der Waals surface area (Å²) in [6, 6.07) is 3.84. The average molecular weight is 171 g/mol. The summed E-state index contributed by atoms with van der Waals surface area (Å²) in [6.07, 6.45) is 2.21. The summed E-state index contributed by atoms with van der Waals surface area (Å²) >= 11 is 1.57. The second-order valence-electron chi connectivity index (χ2n) is 1.95. The summed E-state index contributed by atoms with van der Waals surface area (Å²) in [4.78, 5) is 1.04. The average Bonchev–Trinajstić information content (AvgIpc) is 2.52. The van der Waals surface area contributed by atoms with Crippen LogP contribution in [0.5, 0.6) is 0 Å². The molecule has 3 N–H and O–H groups in total. The van der Waals surface area contributed by atoms with Crippen molar-refractivity contribution >= 4 is 17.4 Å². The molecule has 0 spiro atoms. The second-order valence-corrected chi connectivity index (χ2v) is 2.93. The van der Waals surface area contributed by atoms with Crippen LogP contribution in [0.25, 0.3) is 6.08 Å². The maximum atomic E-state index is 8.81. The number of hydroxylamine groups is 1. The van der Waals surface area contributed by atoms with Crippen LogP contribution in [-0.4, -0.2) is 16.5 Å². The quantitative estimate of drug-likeness (QED) is 0.471. The van der Waals surface area contributed by atoms with Gasteiger partial charge >= 0.3 is 0 Å². The normalized spacial score (nSPS) is 14.0. The van der Waals surface area contributed by atoms with Crippen LogP contribution in [-0.2, 0) is 0 Å². The lowest BCUT2D eigenvalue weighted by Crippen LogP contribution is -2.21. The van der Waals surface area contributed by atoms with E-state index in [0.717, 1.165) is 4.88 Å². The summed E-state index contributed by atoms with van der Waals surface area (Å²) < 4.78 is 0. The Kier molecular flexibility index (Phi) is 3.25. The Bertz CT molecular complexity index is 220. The third kappa shape index (κ3) is 2.81. The van der Waals surface area contributed by atoms with E-state index in [1.165, 1.54) is 6.08 Å². The van der Waals surface area contributed by atoms with Gasteiger partial charge in [-0.05, 0) is 23.6 Å². The Morgan fingerprint density at radius 3 is 3.00 bits per heavy atom. The lowest BCUT2D eigenvalue weighted by atomic mass is 10.4. The minimum Gasteiger partial charge on any atom is -0.373 e. The van der Waals surface area contributed by atoms with Crippen molar-refractivity contribution in [2.75, 3.05) is 0 Å². The first kappa shape index (κ1) is 8.42. The summed E-state index contributed by atoms with van der Waals surface area (Å²) in [5, 5.41) is 19.0. The summed E-state index contributed by atoms with van der Waals surface area (Å²) in [5.41, 5.74) is 1.70. The first-order valence-electron chi connectivity index (χ1n) is 3.12. The van der Waals surface area contributed by atoms with Gasteiger partial charge in [0, 0.05) is 4.88 Å². The lowest BCUT2D eigenvalue weighted by Gasteiger charge is -1.98. The maximum absolute atomic E-state index is 8.81. The highest BCUT2D eigenvalue weighted by Crippen LogP contribution is 2.09. The second kappa shape index (κ2) is 4.25. The molecule has 0 fully saturated rings. The van der Waals surface area contributed by atoms with Crippen molar-refractivity contribution in [2.45, 2.75) is 6.23 Å². The van der Waals surface area contributed by atoms with Crippen LogP contribution in [0.1, 0.15) is 4.88 Å². The molecule has 1 aromatic rings. The van der Waals surface area contributed by atoms with Gasteiger partial charge in [0.1, 0.15) is 6.23 Å².